The summed E-state index contributed by atoms with van der Waals surface area (Å²) in [5, 5.41) is 14.5. The average Bonchev–Trinajstić information content (AvgIpc) is 3.25. The lowest BCUT2D eigenvalue weighted by molar-refractivity contribution is -0.148. The summed E-state index contributed by atoms with van der Waals surface area (Å²) in [6.07, 6.45) is 5.52. The third kappa shape index (κ3) is 8.73. The molecule has 1 aliphatic heterocycles. The zero-order chi connectivity index (χ0) is 23.3. The molecule has 1 aromatic heterocycles. The van der Waals surface area contributed by atoms with Crippen molar-refractivity contribution in [1.82, 2.24) is 10.2 Å². The van der Waals surface area contributed by atoms with Crippen LogP contribution in [0.3, 0.4) is 0 Å². The second kappa shape index (κ2) is 14.5. The molecule has 1 aromatic rings. The van der Waals surface area contributed by atoms with E-state index in [2.05, 4.69) is 5.32 Å². The van der Waals surface area contributed by atoms with Crippen LogP contribution in [0, 0.1) is 0 Å². The Labute approximate surface area is 198 Å². The number of thioether (sulfide) groups is 1. The third-order valence-electron chi connectivity index (χ3n) is 5.32. The van der Waals surface area contributed by atoms with E-state index in [1.807, 2.05) is 17.5 Å². The summed E-state index contributed by atoms with van der Waals surface area (Å²) in [4.78, 5) is 39.6. The normalized spacial score (nSPS) is 20.1. The first kappa shape index (κ1) is 26.6. The van der Waals surface area contributed by atoms with Crippen molar-refractivity contribution in [3.8, 4) is 0 Å². The van der Waals surface area contributed by atoms with E-state index in [0.717, 1.165) is 37.0 Å². The van der Waals surface area contributed by atoms with E-state index in [9.17, 15) is 19.5 Å². The molecule has 1 amide bonds. The molecule has 1 saturated heterocycles. The van der Waals surface area contributed by atoms with Gasteiger partial charge in [0.05, 0.1) is 17.9 Å². The molecule has 0 aromatic carbocycles. The number of nitrogens with one attached hydrogen (secondary N) is 1. The number of nitrogens with zero attached hydrogens (tertiary/aromatic N) is 1. The van der Waals surface area contributed by atoms with Crippen molar-refractivity contribution >= 4 is 40.9 Å². The van der Waals surface area contributed by atoms with Gasteiger partial charge < -0.3 is 20.5 Å². The second-order valence-corrected chi connectivity index (χ2v) is 10.0. The van der Waals surface area contributed by atoms with Gasteiger partial charge in [-0.15, -0.1) is 23.1 Å². The monoisotopic (exact) mass is 485 g/mol. The van der Waals surface area contributed by atoms with Crippen LogP contribution in [0.15, 0.2) is 17.5 Å². The summed E-state index contributed by atoms with van der Waals surface area (Å²) in [6.45, 7) is 2.69. The first-order valence-electron chi connectivity index (χ1n) is 11.2. The lowest BCUT2D eigenvalue weighted by atomic mass is 10.1. The summed E-state index contributed by atoms with van der Waals surface area (Å²) in [6, 6.07) is 2.72. The van der Waals surface area contributed by atoms with Crippen molar-refractivity contribution < 1.29 is 24.2 Å². The maximum absolute atomic E-state index is 13.2. The van der Waals surface area contributed by atoms with Crippen LogP contribution in [0.25, 0.3) is 0 Å². The molecule has 1 aliphatic rings. The largest absolute Gasteiger partial charge is 0.480 e. The van der Waals surface area contributed by atoms with Gasteiger partial charge in [-0.25, -0.2) is 0 Å². The lowest BCUT2D eigenvalue weighted by Crippen LogP contribution is -2.53. The van der Waals surface area contributed by atoms with Crippen LogP contribution < -0.4 is 11.1 Å². The van der Waals surface area contributed by atoms with Crippen LogP contribution in [-0.2, 0) is 19.1 Å². The van der Waals surface area contributed by atoms with E-state index in [0.29, 0.717) is 25.3 Å². The molecule has 0 aliphatic carbocycles. The van der Waals surface area contributed by atoms with E-state index >= 15 is 0 Å². The topological polar surface area (TPSA) is 122 Å². The smallest absolute Gasteiger partial charge is 0.323 e. The number of carbonyl (C=O) groups excluding carboxylic acids is 2. The lowest BCUT2D eigenvalue weighted by Gasteiger charge is -2.26. The number of carboxylic acids is 1. The maximum atomic E-state index is 13.2. The molecule has 10 heteroatoms. The standard InChI is InChI=1S/C22H35N3O5S2/c1-2-30-22(29)16(9-6-4-3-5-7-11-23)24-17-15-32-19(18-10-8-12-31-18)13-25(21(17)28)14-20(26)27/h8,10,12,16-17,19,24H,2-7,9,11,13-15,23H2,1H3,(H,26,27)/t16-,17?,19?/m0/s1. The highest BCUT2D eigenvalue weighted by atomic mass is 32.2. The molecule has 0 bridgehead atoms. The Morgan fingerprint density at radius 2 is 2.06 bits per heavy atom. The molecule has 180 valence electrons. The maximum Gasteiger partial charge on any atom is 0.323 e. The van der Waals surface area contributed by atoms with Gasteiger partial charge in [0.25, 0.3) is 0 Å². The zero-order valence-corrected chi connectivity index (χ0v) is 20.3. The summed E-state index contributed by atoms with van der Waals surface area (Å²) < 4.78 is 5.24. The SMILES string of the molecule is CCOC(=O)[C@H](CCCCCCCN)NC1CSC(c2cccs2)CN(CC(=O)O)C1=O. The van der Waals surface area contributed by atoms with Gasteiger partial charge in [0.2, 0.25) is 5.91 Å². The molecule has 2 heterocycles. The molecule has 0 spiro atoms. The Balaban J connectivity index is 2.06. The van der Waals surface area contributed by atoms with Crippen molar-refractivity contribution in [3.63, 3.8) is 0 Å². The summed E-state index contributed by atoms with van der Waals surface area (Å²) in [7, 11) is 0. The summed E-state index contributed by atoms with van der Waals surface area (Å²) >= 11 is 3.22. The Morgan fingerprint density at radius 1 is 1.31 bits per heavy atom. The molecule has 3 atom stereocenters. The molecule has 2 rings (SSSR count). The van der Waals surface area contributed by atoms with Crippen LogP contribution in [-0.4, -0.2) is 71.9 Å². The van der Waals surface area contributed by atoms with Gasteiger partial charge in [0.15, 0.2) is 0 Å². The van der Waals surface area contributed by atoms with Gasteiger partial charge in [0.1, 0.15) is 12.6 Å². The number of unbranched alkanes of at least 4 members (excludes halogenated alkanes) is 4. The van der Waals surface area contributed by atoms with Gasteiger partial charge >= 0.3 is 11.9 Å². The fourth-order valence-corrected chi connectivity index (χ4v) is 5.96. The van der Waals surface area contributed by atoms with Crippen LogP contribution in [0.4, 0.5) is 0 Å². The average molecular weight is 486 g/mol. The van der Waals surface area contributed by atoms with Crippen molar-refractivity contribution in [1.29, 1.82) is 0 Å². The van der Waals surface area contributed by atoms with Gasteiger partial charge in [-0.1, -0.05) is 31.7 Å². The Kier molecular flexibility index (Phi) is 12.1. The Morgan fingerprint density at radius 3 is 2.72 bits per heavy atom. The van der Waals surface area contributed by atoms with E-state index < -0.39 is 18.1 Å². The Bertz CT molecular complexity index is 716. The number of rotatable bonds is 14. The van der Waals surface area contributed by atoms with Gasteiger partial charge in [-0.2, -0.15) is 0 Å². The second-order valence-electron chi connectivity index (χ2n) is 7.82. The first-order chi connectivity index (χ1) is 15.5. The molecule has 0 saturated carbocycles. The van der Waals surface area contributed by atoms with E-state index in [4.69, 9.17) is 10.5 Å². The first-order valence-corrected chi connectivity index (χ1v) is 13.2. The number of amides is 1. The quantitative estimate of drug-likeness (QED) is 0.272. The highest BCUT2D eigenvalue weighted by molar-refractivity contribution is 7.99. The Hall–Kier alpha value is -1.62. The number of hydrogen-bond donors (Lipinski definition) is 3. The van der Waals surface area contributed by atoms with Crippen molar-refractivity contribution in [2.45, 2.75) is 62.8 Å². The van der Waals surface area contributed by atoms with Gasteiger partial charge in [-0.05, 0) is 37.8 Å². The number of carboxylic acid groups (broad SMARTS) is 1. The van der Waals surface area contributed by atoms with E-state index in [1.165, 1.54) is 4.90 Å². The van der Waals surface area contributed by atoms with E-state index in [-0.39, 0.29) is 30.3 Å². The number of aliphatic carboxylic acids is 1. The summed E-state index contributed by atoms with van der Waals surface area (Å²) in [5.41, 5.74) is 5.53. The number of carbonyl (C=O) groups is 3. The van der Waals surface area contributed by atoms with Gasteiger partial charge in [-0.3, -0.25) is 19.7 Å². The summed E-state index contributed by atoms with van der Waals surface area (Å²) in [5.74, 6) is -1.23. The molecule has 4 N–H and O–H groups in total. The fraction of sp³-hybridized carbons (Fsp3) is 0.682. The number of hydrogen-bond acceptors (Lipinski definition) is 8. The molecule has 8 nitrogen and oxygen atoms in total. The van der Waals surface area contributed by atoms with Crippen molar-refractivity contribution in [2.75, 3.05) is 32.0 Å². The molecular weight excluding hydrogens is 450 g/mol. The van der Waals surface area contributed by atoms with Crippen LogP contribution in [0.1, 0.15) is 55.6 Å². The van der Waals surface area contributed by atoms with Crippen LogP contribution >= 0.6 is 23.1 Å². The third-order valence-corrected chi connectivity index (χ3v) is 7.78. The number of ether oxygens (including phenoxy) is 1. The molecule has 1 fully saturated rings. The van der Waals surface area contributed by atoms with E-state index in [1.54, 1.807) is 30.0 Å². The van der Waals surface area contributed by atoms with Gasteiger partial charge in [0, 0.05) is 17.2 Å². The fourth-order valence-electron chi connectivity index (χ4n) is 3.70. The predicted octanol–water partition coefficient (Wildman–Crippen LogP) is 2.64. The molecular formula is C22H35N3O5S2. The minimum absolute atomic E-state index is 0.00804. The van der Waals surface area contributed by atoms with Crippen molar-refractivity contribution in [2.24, 2.45) is 5.73 Å². The van der Waals surface area contributed by atoms with Crippen molar-refractivity contribution in [3.05, 3.63) is 22.4 Å². The van der Waals surface area contributed by atoms with Crippen LogP contribution in [0.5, 0.6) is 0 Å². The van der Waals surface area contributed by atoms with Crippen LogP contribution in [0.2, 0.25) is 0 Å². The number of esters is 1. The highest BCUT2D eigenvalue weighted by Gasteiger charge is 2.35. The molecule has 32 heavy (non-hydrogen) atoms. The predicted molar refractivity (Wildman–Crippen MR) is 128 cm³/mol. The minimum Gasteiger partial charge on any atom is -0.480 e. The minimum atomic E-state index is -1.05. The molecule has 0 radical (unpaired) electrons. The highest BCUT2D eigenvalue weighted by Crippen LogP contribution is 2.35. The molecule has 2 unspecified atom stereocenters. The number of nitrogens with two attached hydrogens (primary N) is 1. The number of thiophene rings is 1. The zero-order valence-electron chi connectivity index (χ0n) is 18.7.